The molecule has 3 aromatic rings. The Balaban J connectivity index is 0.00000320. The molecule has 0 aliphatic rings. The summed E-state index contributed by atoms with van der Waals surface area (Å²) in [6.07, 6.45) is 2.25. The fourth-order valence-corrected chi connectivity index (χ4v) is 3.80. The van der Waals surface area contributed by atoms with Gasteiger partial charge >= 0.3 is 5.97 Å². The molecule has 4 nitrogen and oxygen atoms in total. The second kappa shape index (κ2) is 11.8. The summed E-state index contributed by atoms with van der Waals surface area (Å²) in [4.78, 5) is 12.1. The number of hydrogen-bond donors (Lipinski definition) is 3. The molecule has 6 heteroatoms. The van der Waals surface area contributed by atoms with E-state index in [2.05, 4.69) is 29.6 Å². The highest BCUT2D eigenvalue weighted by molar-refractivity contribution is 7.98. The summed E-state index contributed by atoms with van der Waals surface area (Å²) in [6.45, 7) is 1.31. The second-order valence-corrected chi connectivity index (χ2v) is 7.65. The predicted molar refractivity (Wildman–Crippen MR) is 126 cm³/mol. The number of carboxylic acid groups (broad SMARTS) is 1. The number of carboxylic acids is 1. The molecule has 3 N–H and O–H groups in total. The van der Waals surface area contributed by atoms with Gasteiger partial charge < -0.3 is 15.5 Å². The zero-order valence-corrected chi connectivity index (χ0v) is 18.4. The van der Waals surface area contributed by atoms with Crippen LogP contribution in [0.4, 0.5) is 0 Å². The van der Waals surface area contributed by atoms with Crippen LogP contribution in [-0.4, -0.2) is 35.5 Å². The lowest BCUT2D eigenvalue weighted by Crippen LogP contribution is -2.23. The van der Waals surface area contributed by atoms with Crippen molar-refractivity contribution in [3.63, 3.8) is 0 Å². The molecule has 0 heterocycles. The Hall–Kier alpha value is -2.31. The van der Waals surface area contributed by atoms with E-state index in [1.165, 1.54) is 17.3 Å². The quantitative estimate of drug-likeness (QED) is 0.318. The molecule has 0 aliphatic heterocycles. The number of hydrogen-bond acceptors (Lipinski definition) is 4. The first-order valence-electron chi connectivity index (χ1n) is 9.53. The van der Waals surface area contributed by atoms with Crippen LogP contribution in [0.2, 0.25) is 0 Å². The summed E-state index contributed by atoms with van der Waals surface area (Å²) in [5, 5.41) is 22.7. The third kappa shape index (κ3) is 6.34. The van der Waals surface area contributed by atoms with Gasteiger partial charge in [-0.15, -0.1) is 24.2 Å². The van der Waals surface area contributed by atoms with Crippen molar-refractivity contribution in [2.45, 2.75) is 17.4 Å². The molecule has 0 aromatic heterocycles. The van der Waals surface area contributed by atoms with Crippen molar-refractivity contribution in [3.8, 4) is 11.1 Å². The summed E-state index contributed by atoms with van der Waals surface area (Å²) >= 11 is 1.44. The van der Waals surface area contributed by atoms with E-state index in [1.54, 1.807) is 6.07 Å². The molecule has 0 aliphatic carbocycles. The zero-order chi connectivity index (χ0) is 20.6. The van der Waals surface area contributed by atoms with Gasteiger partial charge in [-0.25, -0.2) is 4.79 Å². The fraction of sp³-hybridized carbons (Fsp3) is 0.208. The van der Waals surface area contributed by atoms with Crippen molar-refractivity contribution < 1.29 is 15.0 Å². The van der Waals surface area contributed by atoms with Gasteiger partial charge in [-0.1, -0.05) is 60.7 Å². The van der Waals surface area contributed by atoms with Crippen LogP contribution >= 0.6 is 24.2 Å². The molecule has 30 heavy (non-hydrogen) atoms. The Bertz CT molecular complexity index is 948. The number of benzene rings is 3. The number of aliphatic hydroxyl groups excluding tert-OH is 1. The monoisotopic (exact) mass is 443 g/mol. The van der Waals surface area contributed by atoms with Crippen LogP contribution in [0, 0.1) is 0 Å². The highest BCUT2D eigenvalue weighted by atomic mass is 35.5. The fourth-order valence-electron chi connectivity index (χ4n) is 3.18. The molecule has 1 atom stereocenters. The number of rotatable bonds is 9. The molecule has 0 amide bonds. The maximum absolute atomic E-state index is 11.3. The first-order chi connectivity index (χ1) is 14.1. The Morgan fingerprint density at radius 1 is 1.00 bits per heavy atom. The van der Waals surface area contributed by atoms with E-state index in [0.29, 0.717) is 12.1 Å². The van der Waals surface area contributed by atoms with E-state index in [-0.39, 0.29) is 12.4 Å². The van der Waals surface area contributed by atoms with Crippen LogP contribution in [0.5, 0.6) is 0 Å². The lowest BCUT2D eigenvalue weighted by molar-refractivity contribution is 0.0693. The van der Waals surface area contributed by atoms with E-state index >= 15 is 0 Å². The Kier molecular flexibility index (Phi) is 9.40. The van der Waals surface area contributed by atoms with Crippen molar-refractivity contribution in [2.24, 2.45) is 0 Å². The van der Waals surface area contributed by atoms with Crippen molar-refractivity contribution in [3.05, 3.63) is 89.5 Å². The molecule has 0 unspecified atom stereocenters. The third-order valence-electron chi connectivity index (χ3n) is 4.83. The smallest absolute Gasteiger partial charge is 0.336 e. The molecule has 0 radical (unpaired) electrons. The summed E-state index contributed by atoms with van der Waals surface area (Å²) in [5.41, 5.74) is 4.54. The number of carbonyl (C=O) groups is 1. The average molecular weight is 444 g/mol. The number of nitrogens with one attached hydrogen (secondary N) is 1. The standard InChI is InChI=1S/C24H25NO3S.ClH/c1-29-23-15-20(11-12-21(23)24(27)28)18-9-7-17(8-10-18)13-14-25-16-22(26)19-5-3-2-4-6-19;/h2-12,15,22,25-26H,13-14,16H2,1H3,(H,27,28);1H/t22-;/m0./s1. The van der Waals surface area contributed by atoms with Crippen molar-refractivity contribution in [1.29, 1.82) is 0 Å². The number of thioether (sulfide) groups is 1. The Morgan fingerprint density at radius 3 is 2.30 bits per heavy atom. The molecule has 3 aromatic carbocycles. The summed E-state index contributed by atoms with van der Waals surface area (Å²) in [5.74, 6) is -0.902. The molecular formula is C24H26ClNO3S. The first kappa shape index (κ1) is 24.0. The highest BCUT2D eigenvalue weighted by Crippen LogP contribution is 2.28. The van der Waals surface area contributed by atoms with Gasteiger partial charge in [0.15, 0.2) is 0 Å². The normalized spacial score (nSPS) is 11.5. The van der Waals surface area contributed by atoms with Gasteiger partial charge in [-0.2, -0.15) is 0 Å². The maximum Gasteiger partial charge on any atom is 0.336 e. The number of aromatic carboxylic acids is 1. The molecule has 3 rings (SSSR count). The van der Waals surface area contributed by atoms with Gasteiger partial charge in [0.25, 0.3) is 0 Å². The molecule has 158 valence electrons. The minimum absolute atomic E-state index is 0. The molecular weight excluding hydrogens is 418 g/mol. The van der Waals surface area contributed by atoms with Crippen LogP contribution < -0.4 is 5.32 Å². The predicted octanol–water partition coefficient (Wildman–Crippen LogP) is 5.06. The van der Waals surface area contributed by atoms with Crippen LogP contribution in [0.1, 0.15) is 27.6 Å². The second-order valence-electron chi connectivity index (χ2n) is 6.80. The van der Waals surface area contributed by atoms with E-state index in [0.717, 1.165) is 34.6 Å². The average Bonchev–Trinajstić information content (AvgIpc) is 2.77. The van der Waals surface area contributed by atoms with Crippen LogP contribution in [0.3, 0.4) is 0 Å². The van der Waals surface area contributed by atoms with Gasteiger partial charge in [-0.3, -0.25) is 0 Å². The van der Waals surface area contributed by atoms with Crippen LogP contribution in [-0.2, 0) is 6.42 Å². The van der Waals surface area contributed by atoms with E-state index in [9.17, 15) is 15.0 Å². The van der Waals surface area contributed by atoms with Gasteiger partial charge in [0.2, 0.25) is 0 Å². The van der Waals surface area contributed by atoms with Crippen LogP contribution in [0.25, 0.3) is 11.1 Å². The SMILES string of the molecule is CSc1cc(-c2ccc(CCNC[C@H](O)c3ccccc3)cc2)ccc1C(=O)O.Cl. The molecule has 0 bridgehead atoms. The van der Waals surface area contributed by atoms with Crippen LogP contribution in [0.15, 0.2) is 77.7 Å². The lowest BCUT2D eigenvalue weighted by Gasteiger charge is -2.12. The van der Waals surface area contributed by atoms with Crippen molar-refractivity contribution in [1.82, 2.24) is 5.32 Å². The van der Waals surface area contributed by atoms with Gasteiger partial charge in [0.1, 0.15) is 0 Å². The van der Waals surface area contributed by atoms with Crippen molar-refractivity contribution >= 4 is 30.1 Å². The highest BCUT2D eigenvalue weighted by Gasteiger charge is 2.11. The Labute approximate surface area is 187 Å². The lowest BCUT2D eigenvalue weighted by atomic mass is 10.0. The number of halogens is 1. The zero-order valence-electron chi connectivity index (χ0n) is 16.7. The van der Waals surface area contributed by atoms with Gasteiger partial charge in [0.05, 0.1) is 11.7 Å². The summed E-state index contributed by atoms with van der Waals surface area (Å²) in [6, 6.07) is 23.4. The number of aliphatic hydroxyl groups is 1. The van der Waals surface area contributed by atoms with E-state index in [1.807, 2.05) is 48.7 Å². The maximum atomic E-state index is 11.3. The molecule has 0 saturated carbocycles. The first-order valence-corrected chi connectivity index (χ1v) is 10.8. The molecule has 0 saturated heterocycles. The minimum atomic E-state index is -0.902. The van der Waals surface area contributed by atoms with Gasteiger partial charge in [0, 0.05) is 11.4 Å². The molecule has 0 spiro atoms. The van der Waals surface area contributed by atoms with Crippen molar-refractivity contribution in [2.75, 3.05) is 19.3 Å². The summed E-state index contributed by atoms with van der Waals surface area (Å²) < 4.78 is 0. The van der Waals surface area contributed by atoms with E-state index < -0.39 is 12.1 Å². The third-order valence-corrected chi connectivity index (χ3v) is 5.61. The topological polar surface area (TPSA) is 69.6 Å². The Morgan fingerprint density at radius 2 is 1.67 bits per heavy atom. The van der Waals surface area contributed by atoms with Gasteiger partial charge in [-0.05, 0) is 53.6 Å². The minimum Gasteiger partial charge on any atom is -0.478 e. The molecule has 0 fully saturated rings. The van der Waals surface area contributed by atoms with E-state index in [4.69, 9.17) is 0 Å². The summed E-state index contributed by atoms with van der Waals surface area (Å²) in [7, 11) is 0. The largest absolute Gasteiger partial charge is 0.478 e.